The Morgan fingerprint density at radius 3 is 2.06 bits per heavy atom. The Hall–Kier alpha value is -4.17. The summed E-state index contributed by atoms with van der Waals surface area (Å²) in [6, 6.07) is 8.66. The second kappa shape index (κ2) is 11.5. The molecule has 190 valence electrons. The highest BCUT2D eigenvalue weighted by Crippen LogP contribution is 2.38. The van der Waals surface area contributed by atoms with Crippen molar-refractivity contribution in [2.75, 3.05) is 38.5 Å². The van der Waals surface area contributed by atoms with E-state index in [9.17, 15) is 13.2 Å². The number of nitrogens with one attached hydrogen (secondary N) is 3. The van der Waals surface area contributed by atoms with E-state index in [2.05, 4.69) is 25.3 Å². The quantitative estimate of drug-likeness (QED) is 0.348. The summed E-state index contributed by atoms with van der Waals surface area (Å²) in [5.74, 6) is 0.439. The number of aromatic nitrogens is 2. The molecular formula is C22H23N5O7S2. The van der Waals surface area contributed by atoms with Crippen LogP contribution in [0.5, 0.6) is 23.1 Å². The van der Waals surface area contributed by atoms with Crippen LogP contribution in [0.3, 0.4) is 0 Å². The van der Waals surface area contributed by atoms with E-state index >= 15 is 0 Å². The molecule has 1 aromatic heterocycles. The van der Waals surface area contributed by atoms with Gasteiger partial charge in [0.05, 0.1) is 33.3 Å². The molecule has 1 heterocycles. The SMILES string of the molecule is COc1cc(C(=O)NC(=S)Nc2ccc(S(=O)(=O)Nc3nccnc3OC)cc2)cc(OC)c1OC. The first-order valence-electron chi connectivity index (χ1n) is 10.1. The highest BCUT2D eigenvalue weighted by molar-refractivity contribution is 7.92. The van der Waals surface area contributed by atoms with E-state index in [1.54, 1.807) is 0 Å². The topological polar surface area (TPSA) is 150 Å². The molecule has 0 radical (unpaired) electrons. The molecule has 0 atom stereocenters. The molecule has 36 heavy (non-hydrogen) atoms. The number of amides is 1. The molecule has 0 spiro atoms. The number of carbonyl (C=O) groups excluding carboxylic acids is 1. The lowest BCUT2D eigenvalue weighted by Crippen LogP contribution is -2.34. The summed E-state index contributed by atoms with van der Waals surface area (Å²) in [7, 11) is 1.72. The largest absolute Gasteiger partial charge is 0.493 e. The standard InChI is InChI=1S/C22H23N5O7S2/c1-31-16-11-13(12-17(32-2)18(16)33-3)20(28)26-22(35)25-14-5-7-15(8-6-14)36(29,30)27-19-21(34-4)24-10-9-23-19/h5-12H,1-4H3,(H,23,27)(H2,25,26,28,35). The van der Waals surface area contributed by atoms with Gasteiger partial charge in [0.1, 0.15) is 0 Å². The van der Waals surface area contributed by atoms with Crippen LogP contribution in [0.15, 0.2) is 53.7 Å². The average Bonchev–Trinajstić information content (AvgIpc) is 2.88. The van der Waals surface area contributed by atoms with Gasteiger partial charge in [-0.3, -0.25) is 14.8 Å². The second-order valence-electron chi connectivity index (χ2n) is 6.87. The lowest BCUT2D eigenvalue weighted by atomic mass is 10.1. The third-order valence-electron chi connectivity index (χ3n) is 4.67. The summed E-state index contributed by atoms with van der Waals surface area (Å²) in [5, 5.41) is 5.36. The second-order valence-corrected chi connectivity index (χ2v) is 8.96. The van der Waals surface area contributed by atoms with Crippen molar-refractivity contribution in [1.82, 2.24) is 15.3 Å². The van der Waals surface area contributed by atoms with Crippen molar-refractivity contribution in [2.24, 2.45) is 0 Å². The fourth-order valence-corrected chi connectivity index (χ4v) is 4.22. The molecule has 12 nitrogen and oxygen atoms in total. The molecule has 0 saturated heterocycles. The van der Waals surface area contributed by atoms with Gasteiger partial charge in [0.25, 0.3) is 21.8 Å². The smallest absolute Gasteiger partial charge is 0.263 e. The van der Waals surface area contributed by atoms with E-state index in [0.29, 0.717) is 22.9 Å². The Morgan fingerprint density at radius 2 is 1.50 bits per heavy atom. The highest BCUT2D eigenvalue weighted by Gasteiger charge is 2.19. The predicted octanol–water partition coefficient (Wildman–Crippen LogP) is 2.44. The number of hydrogen-bond donors (Lipinski definition) is 3. The van der Waals surface area contributed by atoms with Gasteiger partial charge >= 0.3 is 0 Å². The number of carbonyl (C=O) groups is 1. The van der Waals surface area contributed by atoms with Gasteiger partial charge in [-0.1, -0.05) is 0 Å². The Labute approximate surface area is 213 Å². The summed E-state index contributed by atoms with van der Waals surface area (Å²) in [4.78, 5) is 20.5. The number of sulfonamides is 1. The van der Waals surface area contributed by atoms with Gasteiger partial charge in [0.15, 0.2) is 16.6 Å². The molecule has 1 amide bonds. The Bertz CT molecular complexity index is 1340. The number of anilines is 2. The molecule has 3 N–H and O–H groups in total. The zero-order chi connectivity index (χ0) is 26.3. The summed E-state index contributed by atoms with van der Waals surface area (Å²) in [5.41, 5.74) is 0.668. The van der Waals surface area contributed by atoms with Crippen LogP contribution in [0, 0.1) is 0 Å². The molecule has 3 rings (SSSR count). The molecule has 0 aliphatic heterocycles. The minimum Gasteiger partial charge on any atom is -0.493 e. The molecule has 3 aromatic rings. The molecule has 0 aliphatic carbocycles. The molecule has 0 bridgehead atoms. The minimum absolute atomic E-state index is 0.00761. The number of benzene rings is 2. The van der Waals surface area contributed by atoms with Crippen LogP contribution in [0.1, 0.15) is 10.4 Å². The molecular weight excluding hydrogens is 510 g/mol. The van der Waals surface area contributed by atoms with E-state index in [1.807, 2.05) is 0 Å². The van der Waals surface area contributed by atoms with E-state index in [1.165, 1.54) is 77.2 Å². The van der Waals surface area contributed by atoms with Crippen LogP contribution < -0.4 is 34.3 Å². The minimum atomic E-state index is -3.96. The van der Waals surface area contributed by atoms with Crippen molar-refractivity contribution >= 4 is 44.8 Å². The van der Waals surface area contributed by atoms with Crippen molar-refractivity contribution in [1.29, 1.82) is 0 Å². The Morgan fingerprint density at radius 1 is 0.889 bits per heavy atom. The maximum Gasteiger partial charge on any atom is 0.263 e. The summed E-state index contributed by atoms with van der Waals surface area (Å²) in [6.07, 6.45) is 2.71. The summed E-state index contributed by atoms with van der Waals surface area (Å²) < 4.78 is 48.5. The van der Waals surface area contributed by atoms with Gasteiger partial charge in [-0.05, 0) is 48.6 Å². The Balaban J connectivity index is 1.68. The summed E-state index contributed by atoms with van der Waals surface area (Å²) >= 11 is 5.21. The van der Waals surface area contributed by atoms with Crippen molar-refractivity contribution in [2.45, 2.75) is 4.90 Å². The van der Waals surface area contributed by atoms with Gasteiger partial charge in [-0.15, -0.1) is 0 Å². The highest BCUT2D eigenvalue weighted by atomic mass is 32.2. The molecule has 0 fully saturated rings. The van der Waals surface area contributed by atoms with Gasteiger partial charge in [-0.25, -0.2) is 18.4 Å². The molecule has 0 saturated carbocycles. The van der Waals surface area contributed by atoms with Crippen LogP contribution in [0.25, 0.3) is 0 Å². The van der Waals surface area contributed by atoms with E-state index < -0.39 is 15.9 Å². The zero-order valence-electron chi connectivity index (χ0n) is 19.7. The molecule has 14 heteroatoms. The monoisotopic (exact) mass is 533 g/mol. The first-order chi connectivity index (χ1) is 17.2. The lowest BCUT2D eigenvalue weighted by Gasteiger charge is -2.15. The van der Waals surface area contributed by atoms with Crippen LogP contribution in [0.2, 0.25) is 0 Å². The number of rotatable bonds is 9. The van der Waals surface area contributed by atoms with Crippen LogP contribution in [-0.4, -0.2) is 57.8 Å². The molecule has 0 unspecified atom stereocenters. The maximum atomic E-state index is 12.7. The Kier molecular flexibility index (Phi) is 8.45. The third kappa shape index (κ3) is 6.09. The van der Waals surface area contributed by atoms with E-state index in [0.717, 1.165) is 0 Å². The number of thiocarbonyl (C=S) groups is 1. The zero-order valence-corrected chi connectivity index (χ0v) is 21.3. The van der Waals surface area contributed by atoms with Gasteiger partial charge < -0.3 is 24.3 Å². The first-order valence-corrected chi connectivity index (χ1v) is 12.0. The summed E-state index contributed by atoms with van der Waals surface area (Å²) in [6.45, 7) is 0. The van der Waals surface area contributed by atoms with Gasteiger partial charge in [0.2, 0.25) is 11.6 Å². The van der Waals surface area contributed by atoms with Crippen molar-refractivity contribution in [3.63, 3.8) is 0 Å². The van der Waals surface area contributed by atoms with Crippen molar-refractivity contribution in [3.8, 4) is 23.1 Å². The first kappa shape index (κ1) is 26.4. The maximum absolute atomic E-state index is 12.7. The predicted molar refractivity (Wildman–Crippen MR) is 136 cm³/mol. The average molecular weight is 534 g/mol. The fourth-order valence-electron chi connectivity index (χ4n) is 3.00. The number of hydrogen-bond acceptors (Lipinski definition) is 10. The van der Waals surface area contributed by atoms with Crippen molar-refractivity contribution < 1.29 is 32.2 Å². The molecule has 2 aromatic carbocycles. The van der Waals surface area contributed by atoms with E-state index in [-0.39, 0.29) is 27.3 Å². The normalized spacial score (nSPS) is 10.7. The van der Waals surface area contributed by atoms with Crippen LogP contribution in [0.4, 0.5) is 11.5 Å². The van der Waals surface area contributed by atoms with E-state index in [4.69, 9.17) is 31.2 Å². The van der Waals surface area contributed by atoms with Crippen LogP contribution in [-0.2, 0) is 10.0 Å². The number of nitrogens with zero attached hydrogens (tertiary/aromatic N) is 2. The number of ether oxygens (including phenoxy) is 4. The third-order valence-corrected chi connectivity index (χ3v) is 6.22. The van der Waals surface area contributed by atoms with Crippen LogP contribution >= 0.6 is 12.2 Å². The van der Waals surface area contributed by atoms with Gasteiger partial charge in [-0.2, -0.15) is 0 Å². The number of methoxy groups -OCH3 is 4. The van der Waals surface area contributed by atoms with Crippen molar-refractivity contribution in [3.05, 3.63) is 54.4 Å². The lowest BCUT2D eigenvalue weighted by molar-refractivity contribution is 0.0977. The molecule has 0 aliphatic rings. The van der Waals surface area contributed by atoms with Gasteiger partial charge in [0, 0.05) is 23.6 Å². The fraction of sp³-hybridized carbons (Fsp3) is 0.182.